The zero-order valence-corrected chi connectivity index (χ0v) is 4.27. The van der Waals surface area contributed by atoms with Crippen LogP contribution in [0.15, 0.2) is 6.08 Å². The molecule has 0 saturated carbocycles. The van der Waals surface area contributed by atoms with Gasteiger partial charge in [0.1, 0.15) is 0 Å². The fourth-order valence-corrected chi connectivity index (χ4v) is 0.209. The van der Waals surface area contributed by atoms with E-state index in [9.17, 15) is 4.79 Å². The third-order valence-corrected chi connectivity index (χ3v) is 0.582. The van der Waals surface area contributed by atoms with E-state index in [1.807, 2.05) is 0 Å². The second-order valence-electron chi connectivity index (χ2n) is 1.11. The van der Waals surface area contributed by atoms with Crippen LogP contribution in [0.5, 0.6) is 0 Å². The predicted octanol–water partition coefficient (Wildman–Crippen LogP) is 0.112. The van der Waals surface area contributed by atoms with Gasteiger partial charge in [0.05, 0.1) is 0 Å². The van der Waals surface area contributed by atoms with E-state index in [1.165, 1.54) is 6.08 Å². The van der Waals surface area contributed by atoms with Crippen LogP contribution >= 0.6 is 0 Å². The fraction of sp³-hybridized carbons (Fsp3) is 0.400. The lowest BCUT2D eigenvalue weighted by atomic mass is 10.4. The zero-order chi connectivity index (χ0) is 5.70. The quantitative estimate of drug-likeness (QED) is 0.522. The minimum absolute atomic E-state index is 0.0532. The summed E-state index contributed by atoms with van der Waals surface area (Å²) in [5, 5.41) is 2.42. The van der Waals surface area contributed by atoms with Gasteiger partial charge in [0.2, 0.25) is 5.91 Å². The molecular weight excluding hydrogens is 90.1 g/mol. The van der Waals surface area contributed by atoms with E-state index in [0.717, 1.165) is 0 Å². The molecule has 0 aliphatic heterocycles. The molecule has 0 heterocycles. The number of amides is 1. The smallest absolute Gasteiger partial charge is 0.223 e. The highest BCUT2D eigenvalue weighted by Gasteiger charge is 1.87. The molecule has 0 atom stereocenters. The van der Waals surface area contributed by atoms with Gasteiger partial charge >= 0.3 is 0 Å². The van der Waals surface area contributed by atoms with Crippen molar-refractivity contribution in [1.29, 1.82) is 0 Å². The summed E-state index contributed by atoms with van der Waals surface area (Å²) in [5.74, 6) is -0.0532. The van der Waals surface area contributed by atoms with Crippen molar-refractivity contribution in [3.05, 3.63) is 12.7 Å². The molecule has 0 aliphatic rings. The SMILES string of the molecule is [CH]=CCC(=O)NC. The normalized spacial score (nSPS) is 7.57. The van der Waals surface area contributed by atoms with Gasteiger partial charge in [0.15, 0.2) is 0 Å². The minimum Gasteiger partial charge on any atom is -0.359 e. The first-order chi connectivity index (χ1) is 3.31. The molecule has 0 rings (SSSR count). The number of hydrogen-bond acceptors (Lipinski definition) is 1. The highest BCUT2D eigenvalue weighted by atomic mass is 16.1. The van der Waals surface area contributed by atoms with Crippen LogP contribution in [0.2, 0.25) is 0 Å². The number of nitrogens with one attached hydrogen (secondary N) is 1. The minimum atomic E-state index is -0.0532. The summed E-state index contributed by atoms with van der Waals surface area (Å²) >= 11 is 0. The average Bonchev–Trinajstić information content (AvgIpc) is 1.68. The lowest BCUT2D eigenvalue weighted by molar-refractivity contribution is -0.119. The van der Waals surface area contributed by atoms with Crippen molar-refractivity contribution in [2.45, 2.75) is 6.42 Å². The Hall–Kier alpha value is -0.790. The second-order valence-corrected chi connectivity index (χ2v) is 1.11. The standard InChI is InChI=1S/C5H8NO/c1-3-4-5(7)6-2/h1,3H,4H2,2H3,(H,6,7). The van der Waals surface area contributed by atoms with Crippen LogP contribution in [0.3, 0.4) is 0 Å². The zero-order valence-electron chi connectivity index (χ0n) is 4.27. The topological polar surface area (TPSA) is 29.1 Å². The van der Waals surface area contributed by atoms with Crippen LogP contribution in [-0.4, -0.2) is 13.0 Å². The summed E-state index contributed by atoms with van der Waals surface area (Å²) < 4.78 is 0. The number of carbonyl (C=O) groups is 1. The first-order valence-electron chi connectivity index (χ1n) is 2.05. The van der Waals surface area contributed by atoms with Gasteiger partial charge in [-0.1, -0.05) is 12.7 Å². The Morgan fingerprint density at radius 2 is 2.57 bits per heavy atom. The van der Waals surface area contributed by atoms with Crippen molar-refractivity contribution in [2.75, 3.05) is 7.05 Å². The van der Waals surface area contributed by atoms with Crippen LogP contribution in [-0.2, 0) is 4.79 Å². The molecule has 0 saturated heterocycles. The summed E-state index contributed by atoms with van der Waals surface area (Å²) in [5.41, 5.74) is 0. The van der Waals surface area contributed by atoms with E-state index in [4.69, 9.17) is 6.58 Å². The third-order valence-electron chi connectivity index (χ3n) is 0.582. The predicted molar refractivity (Wildman–Crippen MR) is 27.6 cm³/mol. The monoisotopic (exact) mass is 98.1 g/mol. The molecule has 1 N–H and O–H groups in total. The second kappa shape index (κ2) is 3.40. The van der Waals surface area contributed by atoms with E-state index < -0.39 is 0 Å². The van der Waals surface area contributed by atoms with Gasteiger partial charge in [0, 0.05) is 13.5 Å². The first-order valence-corrected chi connectivity index (χ1v) is 2.05. The highest BCUT2D eigenvalue weighted by molar-refractivity contribution is 5.76. The lowest BCUT2D eigenvalue weighted by Crippen LogP contribution is -2.15. The Labute approximate surface area is 43.2 Å². The molecule has 0 spiro atoms. The van der Waals surface area contributed by atoms with Gasteiger partial charge in [-0.25, -0.2) is 0 Å². The van der Waals surface area contributed by atoms with E-state index in [2.05, 4.69) is 5.32 Å². The van der Waals surface area contributed by atoms with Gasteiger partial charge in [-0.2, -0.15) is 0 Å². The fourth-order valence-electron chi connectivity index (χ4n) is 0.209. The van der Waals surface area contributed by atoms with Crippen molar-refractivity contribution in [1.82, 2.24) is 5.32 Å². The lowest BCUT2D eigenvalue weighted by Gasteiger charge is -1.88. The van der Waals surface area contributed by atoms with E-state index in [0.29, 0.717) is 6.42 Å². The van der Waals surface area contributed by atoms with Gasteiger partial charge in [-0.3, -0.25) is 4.79 Å². The Morgan fingerprint density at radius 3 is 2.71 bits per heavy atom. The Bertz CT molecular complexity index is 78.1. The third kappa shape index (κ3) is 3.03. The van der Waals surface area contributed by atoms with Crippen LogP contribution in [0.4, 0.5) is 0 Å². The molecule has 1 radical (unpaired) electrons. The van der Waals surface area contributed by atoms with Crippen molar-refractivity contribution in [2.24, 2.45) is 0 Å². The molecule has 39 valence electrons. The molecule has 0 aromatic heterocycles. The molecule has 1 amide bonds. The van der Waals surface area contributed by atoms with Gasteiger partial charge in [0.25, 0.3) is 0 Å². The number of carbonyl (C=O) groups excluding carboxylic acids is 1. The maximum atomic E-state index is 10.2. The number of hydrogen-bond donors (Lipinski definition) is 1. The van der Waals surface area contributed by atoms with E-state index in [-0.39, 0.29) is 5.91 Å². The van der Waals surface area contributed by atoms with Crippen molar-refractivity contribution >= 4 is 5.91 Å². The molecular formula is C5H8NO. The van der Waals surface area contributed by atoms with Gasteiger partial charge in [-0.15, -0.1) is 0 Å². The van der Waals surface area contributed by atoms with Gasteiger partial charge < -0.3 is 5.32 Å². The van der Waals surface area contributed by atoms with E-state index in [1.54, 1.807) is 7.05 Å². The average molecular weight is 98.1 g/mol. The van der Waals surface area contributed by atoms with Crippen LogP contribution < -0.4 is 5.32 Å². The largest absolute Gasteiger partial charge is 0.359 e. The Morgan fingerprint density at radius 1 is 2.00 bits per heavy atom. The maximum absolute atomic E-state index is 10.2. The molecule has 2 nitrogen and oxygen atoms in total. The Kier molecular flexibility index (Phi) is 3.02. The molecule has 0 aliphatic carbocycles. The number of rotatable bonds is 2. The summed E-state index contributed by atoms with van der Waals surface area (Å²) in [4.78, 5) is 10.2. The highest BCUT2D eigenvalue weighted by Crippen LogP contribution is 1.74. The van der Waals surface area contributed by atoms with Crippen LogP contribution in [0.1, 0.15) is 6.42 Å². The van der Waals surface area contributed by atoms with Crippen LogP contribution in [0.25, 0.3) is 0 Å². The summed E-state index contributed by atoms with van der Waals surface area (Å²) in [6.07, 6.45) is 1.62. The van der Waals surface area contributed by atoms with Gasteiger partial charge in [-0.05, 0) is 0 Å². The first kappa shape index (κ1) is 6.21. The molecule has 0 bridgehead atoms. The summed E-state index contributed by atoms with van der Waals surface area (Å²) in [7, 11) is 1.58. The molecule has 7 heavy (non-hydrogen) atoms. The summed E-state index contributed by atoms with van der Waals surface area (Å²) in [6.45, 7) is 4.92. The van der Waals surface area contributed by atoms with Crippen molar-refractivity contribution < 1.29 is 4.79 Å². The molecule has 0 fully saturated rings. The maximum Gasteiger partial charge on any atom is 0.223 e. The van der Waals surface area contributed by atoms with Crippen molar-refractivity contribution in [3.63, 3.8) is 0 Å². The summed E-state index contributed by atoms with van der Waals surface area (Å²) in [6, 6.07) is 0. The van der Waals surface area contributed by atoms with Crippen LogP contribution in [0, 0.1) is 6.58 Å². The Balaban J connectivity index is 3.17. The van der Waals surface area contributed by atoms with Crippen molar-refractivity contribution in [3.8, 4) is 0 Å². The molecule has 2 heteroatoms. The molecule has 0 aromatic rings. The van der Waals surface area contributed by atoms with E-state index >= 15 is 0 Å². The molecule has 0 unspecified atom stereocenters. The molecule has 0 aromatic carbocycles.